The van der Waals surface area contributed by atoms with E-state index < -0.39 is 25.4 Å². The van der Waals surface area contributed by atoms with Crippen molar-refractivity contribution in [3.8, 4) is 0 Å². The number of hydrogen-bond acceptors (Lipinski definition) is 3. The van der Waals surface area contributed by atoms with Gasteiger partial charge in [0.25, 0.3) is 0 Å². The van der Waals surface area contributed by atoms with Crippen LogP contribution in [0.4, 0.5) is 13.2 Å². The number of hydrogen-bond donors (Lipinski definition) is 2. The van der Waals surface area contributed by atoms with Crippen LogP contribution in [-0.2, 0) is 15.7 Å². The van der Waals surface area contributed by atoms with Crippen LogP contribution >= 0.6 is 7.55 Å². The summed E-state index contributed by atoms with van der Waals surface area (Å²) in [5.41, 5.74) is 0.245. The molecule has 2 fully saturated rings. The summed E-state index contributed by atoms with van der Waals surface area (Å²) >= 11 is 0. The maximum atomic E-state index is 13.1. The number of rotatable bonds is 5. The Bertz CT molecular complexity index is 802. The van der Waals surface area contributed by atoms with Gasteiger partial charge in [0.2, 0.25) is 5.91 Å². The van der Waals surface area contributed by atoms with Crippen molar-refractivity contribution in [2.45, 2.75) is 62.6 Å². The molecule has 1 aromatic rings. The standard InChI is InChI=1S/C21H28F3N2O2P/c1-14-9-16(11-17(10-14)21(22,23)24)15(2)28-13-20(29(3)4)8-7-19(12-25-20)6-5-18(27)26-19/h9-11,15,25H,3,5-8,12-13H2,1-2,4H3/p+1. The molecular weight excluding hydrogens is 400 g/mol. The number of nitrogens with one attached hydrogen (secondary N) is 2. The van der Waals surface area contributed by atoms with Gasteiger partial charge in [0.05, 0.1) is 30.2 Å². The summed E-state index contributed by atoms with van der Waals surface area (Å²) in [5.74, 6) is 0.0949. The molecule has 0 aromatic heterocycles. The fourth-order valence-electron chi connectivity index (χ4n) is 4.18. The van der Waals surface area contributed by atoms with E-state index in [2.05, 4.69) is 23.6 Å². The van der Waals surface area contributed by atoms with Gasteiger partial charge in [0, 0.05) is 19.4 Å². The van der Waals surface area contributed by atoms with Gasteiger partial charge >= 0.3 is 6.18 Å². The molecule has 1 spiro atoms. The molecule has 4 atom stereocenters. The fraction of sp³-hybridized carbons (Fsp3) is 0.619. The Hall–Kier alpha value is -1.43. The second kappa shape index (κ2) is 8.01. The molecule has 2 saturated heterocycles. The third-order valence-corrected chi connectivity index (χ3v) is 8.18. The minimum atomic E-state index is -4.38. The Labute approximate surface area is 171 Å². The van der Waals surface area contributed by atoms with E-state index in [-0.39, 0.29) is 16.7 Å². The van der Waals surface area contributed by atoms with E-state index in [0.717, 1.165) is 25.3 Å². The first-order valence-electron chi connectivity index (χ1n) is 9.86. The van der Waals surface area contributed by atoms with Crippen molar-refractivity contribution in [3.05, 3.63) is 34.9 Å². The van der Waals surface area contributed by atoms with Gasteiger partial charge in [-0.3, -0.25) is 10.1 Å². The highest BCUT2D eigenvalue weighted by Gasteiger charge is 2.51. The molecule has 3 rings (SSSR count). The quantitative estimate of drug-likeness (QED) is 0.684. The van der Waals surface area contributed by atoms with Gasteiger partial charge < -0.3 is 10.1 Å². The zero-order valence-electron chi connectivity index (χ0n) is 17.2. The van der Waals surface area contributed by atoms with Gasteiger partial charge in [-0.2, -0.15) is 13.2 Å². The van der Waals surface area contributed by atoms with E-state index in [1.807, 2.05) is 0 Å². The van der Waals surface area contributed by atoms with Gasteiger partial charge in [0.1, 0.15) is 14.2 Å². The Morgan fingerprint density at radius 2 is 2.00 bits per heavy atom. The van der Waals surface area contributed by atoms with Crippen LogP contribution in [0.3, 0.4) is 0 Å². The van der Waals surface area contributed by atoms with E-state index in [4.69, 9.17) is 4.74 Å². The molecule has 160 valence electrons. The maximum absolute atomic E-state index is 13.1. The third-order valence-electron chi connectivity index (χ3n) is 6.21. The molecule has 2 aliphatic heterocycles. The van der Waals surface area contributed by atoms with Crippen molar-refractivity contribution >= 4 is 19.8 Å². The lowest BCUT2D eigenvalue weighted by Gasteiger charge is -2.42. The average Bonchev–Trinajstić information content (AvgIpc) is 3.00. The molecule has 0 aliphatic carbocycles. The number of amides is 1. The molecule has 2 heterocycles. The van der Waals surface area contributed by atoms with Gasteiger partial charge in [-0.1, -0.05) is 11.6 Å². The monoisotopic (exact) mass is 429 g/mol. The Morgan fingerprint density at radius 1 is 1.28 bits per heavy atom. The van der Waals surface area contributed by atoms with Gasteiger partial charge in [0.15, 0.2) is 5.28 Å². The highest BCUT2D eigenvalue weighted by atomic mass is 31.1. The molecule has 4 nitrogen and oxygen atoms in total. The number of benzene rings is 1. The molecule has 2 N–H and O–H groups in total. The Morgan fingerprint density at radius 3 is 2.52 bits per heavy atom. The number of halogens is 3. The second-order valence-electron chi connectivity index (χ2n) is 8.49. The number of aryl methyl sites for hydroxylation is 1. The smallest absolute Gasteiger partial charge is 0.367 e. The van der Waals surface area contributed by atoms with E-state index in [0.29, 0.717) is 30.7 Å². The molecule has 2 aliphatic rings. The molecular formula is C21H29F3N2O2P+. The van der Waals surface area contributed by atoms with E-state index in [1.165, 1.54) is 6.07 Å². The van der Waals surface area contributed by atoms with Gasteiger partial charge in [-0.05, 0) is 44.4 Å². The first-order chi connectivity index (χ1) is 13.4. The molecule has 8 heteroatoms. The number of alkyl halides is 3. The molecule has 4 unspecified atom stereocenters. The lowest BCUT2D eigenvalue weighted by Crippen LogP contribution is -2.61. The minimum Gasteiger partial charge on any atom is -0.367 e. The van der Waals surface area contributed by atoms with E-state index >= 15 is 0 Å². The molecule has 1 amide bonds. The van der Waals surface area contributed by atoms with Crippen molar-refractivity contribution in [2.24, 2.45) is 0 Å². The first kappa shape index (κ1) is 22.3. The van der Waals surface area contributed by atoms with Crippen molar-refractivity contribution in [1.29, 1.82) is 0 Å². The van der Waals surface area contributed by atoms with Crippen LogP contribution in [0.5, 0.6) is 0 Å². The summed E-state index contributed by atoms with van der Waals surface area (Å²) in [7, 11) is -0.654. The summed E-state index contributed by atoms with van der Waals surface area (Å²) in [6.07, 6.45) is 2.47. The van der Waals surface area contributed by atoms with E-state index in [1.54, 1.807) is 19.9 Å². The lowest BCUT2D eigenvalue weighted by atomic mass is 9.85. The normalized spacial score (nSPS) is 29.0. The fourth-order valence-corrected chi connectivity index (χ4v) is 5.32. The molecule has 0 bridgehead atoms. The summed E-state index contributed by atoms with van der Waals surface area (Å²) in [4.78, 5) is 11.7. The summed E-state index contributed by atoms with van der Waals surface area (Å²) < 4.78 is 45.5. The highest BCUT2D eigenvalue weighted by molar-refractivity contribution is 7.56. The number of piperidine rings is 1. The Balaban J connectivity index is 1.69. The Kier molecular flexibility index (Phi) is 6.15. The zero-order chi connectivity index (χ0) is 21.4. The SMILES string of the molecule is C=[P+](C)C1(COC(C)c2cc(C)cc(C(F)(F)F)c2)CCC2(CCC(=O)N2)CN1. The van der Waals surface area contributed by atoms with Crippen LogP contribution in [0.2, 0.25) is 0 Å². The number of carbonyl (C=O) groups is 1. The molecule has 1 aromatic carbocycles. The summed E-state index contributed by atoms with van der Waals surface area (Å²) in [5, 5.41) is 6.38. The highest BCUT2D eigenvalue weighted by Crippen LogP contribution is 2.44. The number of carbonyl (C=O) groups excluding carboxylic acids is 1. The van der Waals surface area contributed by atoms with Crippen LogP contribution in [-0.4, -0.2) is 42.8 Å². The maximum Gasteiger partial charge on any atom is 0.416 e. The third kappa shape index (κ3) is 4.84. The summed E-state index contributed by atoms with van der Waals surface area (Å²) in [6.45, 7) is 6.56. The average molecular weight is 429 g/mol. The zero-order valence-corrected chi connectivity index (χ0v) is 18.1. The number of ether oxygens (including phenoxy) is 1. The van der Waals surface area contributed by atoms with Crippen molar-refractivity contribution < 1.29 is 22.7 Å². The first-order valence-corrected chi connectivity index (χ1v) is 11.8. The van der Waals surface area contributed by atoms with Crippen LogP contribution in [0.25, 0.3) is 0 Å². The van der Waals surface area contributed by atoms with Crippen molar-refractivity contribution in [3.63, 3.8) is 0 Å². The van der Waals surface area contributed by atoms with Gasteiger partial charge in [-0.25, -0.2) is 0 Å². The second-order valence-corrected chi connectivity index (χ2v) is 10.7. The summed E-state index contributed by atoms with van der Waals surface area (Å²) in [6, 6.07) is 4.06. The largest absolute Gasteiger partial charge is 0.416 e. The molecule has 0 saturated carbocycles. The van der Waals surface area contributed by atoms with Crippen LogP contribution in [0.15, 0.2) is 18.2 Å². The van der Waals surface area contributed by atoms with Crippen molar-refractivity contribution in [2.75, 3.05) is 19.8 Å². The van der Waals surface area contributed by atoms with Crippen molar-refractivity contribution in [1.82, 2.24) is 10.6 Å². The topological polar surface area (TPSA) is 50.4 Å². The molecule has 0 radical (unpaired) electrons. The predicted octanol–water partition coefficient (Wildman–Crippen LogP) is 4.36. The van der Waals surface area contributed by atoms with Crippen LogP contribution in [0.1, 0.15) is 55.4 Å². The predicted molar refractivity (Wildman–Crippen MR) is 111 cm³/mol. The lowest BCUT2D eigenvalue weighted by molar-refractivity contribution is -0.137. The molecule has 29 heavy (non-hydrogen) atoms. The minimum absolute atomic E-state index is 0.0949. The van der Waals surface area contributed by atoms with Gasteiger partial charge in [-0.15, -0.1) is 0 Å². The van der Waals surface area contributed by atoms with Crippen LogP contribution < -0.4 is 10.6 Å². The van der Waals surface area contributed by atoms with E-state index in [9.17, 15) is 18.0 Å². The van der Waals surface area contributed by atoms with Crippen LogP contribution in [0, 0.1) is 6.92 Å².